The van der Waals surface area contributed by atoms with E-state index in [9.17, 15) is 0 Å². The molecule has 3 aliphatic rings. The lowest BCUT2D eigenvalue weighted by atomic mass is 10.2. The fourth-order valence-corrected chi connectivity index (χ4v) is 3.93. The topological polar surface area (TPSA) is 27.7 Å². The van der Waals surface area contributed by atoms with Crippen LogP contribution in [0.2, 0.25) is 0 Å². The van der Waals surface area contributed by atoms with Crippen LogP contribution in [-0.4, -0.2) is 61.2 Å². The number of benzene rings is 1. The molecule has 0 spiro atoms. The van der Waals surface area contributed by atoms with Crippen molar-refractivity contribution in [1.29, 1.82) is 0 Å². The molecule has 0 amide bonds. The van der Waals surface area contributed by atoms with E-state index in [0.717, 1.165) is 30.6 Å². The highest BCUT2D eigenvalue weighted by molar-refractivity contribution is 5.57. The Labute approximate surface area is 127 Å². The molecule has 0 aromatic heterocycles. The summed E-state index contributed by atoms with van der Waals surface area (Å²) in [6, 6.07) is 9.03. The number of nitrogens with zero attached hydrogens (tertiary/aromatic N) is 2. The molecular formula is C17H25N3O. The van der Waals surface area contributed by atoms with E-state index in [4.69, 9.17) is 4.74 Å². The molecule has 0 aliphatic carbocycles. The maximum atomic E-state index is 6.14. The summed E-state index contributed by atoms with van der Waals surface area (Å²) in [5, 5.41) is 3.49. The SMILES string of the molecule is c1ccc2c(c1)NCC(CN1CCC(N3CCCC3)C1)O2. The molecular weight excluding hydrogens is 262 g/mol. The summed E-state index contributed by atoms with van der Waals surface area (Å²) in [6.45, 7) is 7.04. The number of fused-ring (bicyclic) bond motifs is 1. The van der Waals surface area contributed by atoms with Crippen LogP contribution in [0.15, 0.2) is 24.3 Å². The van der Waals surface area contributed by atoms with Crippen LogP contribution in [0.1, 0.15) is 19.3 Å². The predicted molar refractivity (Wildman–Crippen MR) is 85.0 cm³/mol. The summed E-state index contributed by atoms with van der Waals surface area (Å²) in [4.78, 5) is 5.28. The van der Waals surface area contributed by atoms with Gasteiger partial charge in [0.25, 0.3) is 0 Å². The van der Waals surface area contributed by atoms with Crippen LogP contribution in [0.25, 0.3) is 0 Å². The number of para-hydroxylation sites is 2. The average Bonchev–Trinajstić information content (AvgIpc) is 3.18. The first-order valence-corrected chi connectivity index (χ1v) is 8.34. The van der Waals surface area contributed by atoms with Gasteiger partial charge in [0, 0.05) is 19.1 Å². The van der Waals surface area contributed by atoms with Crippen molar-refractivity contribution in [2.24, 2.45) is 0 Å². The van der Waals surface area contributed by atoms with Gasteiger partial charge in [0.15, 0.2) is 0 Å². The maximum Gasteiger partial charge on any atom is 0.142 e. The minimum absolute atomic E-state index is 0.275. The lowest BCUT2D eigenvalue weighted by molar-refractivity contribution is 0.143. The Hall–Kier alpha value is -1.26. The highest BCUT2D eigenvalue weighted by atomic mass is 16.5. The van der Waals surface area contributed by atoms with Crippen LogP contribution < -0.4 is 10.1 Å². The number of hydrogen-bond acceptors (Lipinski definition) is 4. The average molecular weight is 287 g/mol. The summed E-state index contributed by atoms with van der Waals surface area (Å²) < 4.78 is 6.14. The Morgan fingerprint density at radius 3 is 2.90 bits per heavy atom. The first-order chi connectivity index (χ1) is 10.4. The Bertz CT molecular complexity index is 487. The summed E-state index contributed by atoms with van der Waals surface area (Å²) >= 11 is 0. The second-order valence-corrected chi connectivity index (χ2v) is 6.56. The molecule has 2 saturated heterocycles. The van der Waals surface area contributed by atoms with Crippen molar-refractivity contribution < 1.29 is 4.74 Å². The quantitative estimate of drug-likeness (QED) is 0.920. The van der Waals surface area contributed by atoms with Crippen molar-refractivity contribution >= 4 is 5.69 Å². The van der Waals surface area contributed by atoms with Crippen molar-refractivity contribution in [3.8, 4) is 5.75 Å². The van der Waals surface area contributed by atoms with E-state index in [1.165, 1.54) is 45.4 Å². The van der Waals surface area contributed by atoms with E-state index >= 15 is 0 Å². The van der Waals surface area contributed by atoms with Gasteiger partial charge in [-0.3, -0.25) is 9.80 Å². The zero-order valence-electron chi connectivity index (χ0n) is 12.6. The molecule has 0 bridgehead atoms. The smallest absolute Gasteiger partial charge is 0.142 e. The molecule has 1 N–H and O–H groups in total. The van der Waals surface area contributed by atoms with Crippen molar-refractivity contribution in [2.45, 2.75) is 31.4 Å². The van der Waals surface area contributed by atoms with Gasteiger partial charge in [-0.1, -0.05) is 12.1 Å². The number of ether oxygens (including phenoxy) is 1. The lowest BCUT2D eigenvalue weighted by Gasteiger charge is -2.30. The van der Waals surface area contributed by atoms with Gasteiger partial charge in [-0.05, 0) is 51.0 Å². The Kier molecular flexibility index (Phi) is 3.74. The van der Waals surface area contributed by atoms with Crippen molar-refractivity contribution in [3.63, 3.8) is 0 Å². The molecule has 3 heterocycles. The standard InChI is InChI=1S/C17H25N3O/c1-2-6-17-16(5-1)18-11-15(21-17)13-19-10-7-14(12-19)20-8-3-4-9-20/h1-2,5-6,14-15,18H,3-4,7-13H2. The van der Waals surface area contributed by atoms with E-state index in [-0.39, 0.29) is 6.10 Å². The minimum atomic E-state index is 0.275. The normalized spacial score (nSPS) is 29.9. The van der Waals surface area contributed by atoms with Gasteiger partial charge in [0.05, 0.1) is 12.2 Å². The molecule has 1 aromatic carbocycles. The lowest BCUT2D eigenvalue weighted by Crippen LogP contribution is -2.42. The number of likely N-dealkylation sites (tertiary alicyclic amines) is 2. The summed E-state index contributed by atoms with van der Waals surface area (Å²) in [5.41, 5.74) is 1.13. The largest absolute Gasteiger partial charge is 0.485 e. The third-order valence-corrected chi connectivity index (χ3v) is 5.07. The molecule has 4 heteroatoms. The van der Waals surface area contributed by atoms with Gasteiger partial charge in [-0.2, -0.15) is 0 Å². The zero-order valence-corrected chi connectivity index (χ0v) is 12.6. The molecule has 21 heavy (non-hydrogen) atoms. The summed E-state index contributed by atoms with van der Waals surface area (Å²) in [5.74, 6) is 1.00. The van der Waals surface area contributed by atoms with E-state index < -0.39 is 0 Å². The van der Waals surface area contributed by atoms with Crippen LogP contribution in [0.5, 0.6) is 5.75 Å². The third kappa shape index (κ3) is 2.87. The van der Waals surface area contributed by atoms with E-state index in [2.05, 4.69) is 33.3 Å². The van der Waals surface area contributed by atoms with Gasteiger partial charge in [-0.15, -0.1) is 0 Å². The molecule has 2 fully saturated rings. The molecule has 3 aliphatic heterocycles. The van der Waals surface area contributed by atoms with Gasteiger partial charge in [0.1, 0.15) is 11.9 Å². The molecule has 2 atom stereocenters. The Morgan fingerprint density at radius 2 is 2.00 bits per heavy atom. The third-order valence-electron chi connectivity index (χ3n) is 5.07. The number of rotatable bonds is 3. The van der Waals surface area contributed by atoms with Crippen LogP contribution >= 0.6 is 0 Å². The van der Waals surface area contributed by atoms with E-state index in [1.807, 2.05) is 6.07 Å². The number of hydrogen-bond donors (Lipinski definition) is 1. The second kappa shape index (κ2) is 5.85. The van der Waals surface area contributed by atoms with Crippen molar-refractivity contribution in [1.82, 2.24) is 9.80 Å². The van der Waals surface area contributed by atoms with Crippen LogP contribution in [0.4, 0.5) is 5.69 Å². The molecule has 114 valence electrons. The Balaban J connectivity index is 1.31. The van der Waals surface area contributed by atoms with Gasteiger partial charge >= 0.3 is 0 Å². The van der Waals surface area contributed by atoms with Crippen molar-refractivity contribution in [3.05, 3.63) is 24.3 Å². The Morgan fingerprint density at radius 1 is 1.14 bits per heavy atom. The van der Waals surface area contributed by atoms with E-state index in [1.54, 1.807) is 0 Å². The van der Waals surface area contributed by atoms with Crippen molar-refractivity contribution in [2.75, 3.05) is 44.6 Å². The fraction of sp³-hybridized carbons (Fsp3) is 0.647. The highest BCUT2D eigenvalue weighted by Gasteiger charge is 2.31. The van der Waals surface area contributed by atoms with Crippen LogP contribution in [0.3, 0.4) is 0 Å². The van der Waals surface area contributed by atoms with Crippen LogP contribution in [0, 0.1) is 0 Å². The summed E-state index contributed by atoms with van der Waals surface area (Å²) in [7, 11) is 0. The number of anilines is 1. The molecule has 4 nitrogen and oxygen atoms in total. The molecule has 2 unspecified atom stereocenters. The zero-order chi connectivity index (χ0) is 14.1. The highest BCUT2D eigenvalue weighted by Crippen LogP contribution is 2.29. The second-order valence-electron chi connectivity index (χ2n) is 6.56. The molecule has 0 saturated carbocycles. The first kappa shape index (κ1) is 13.4. The molecule has 4 rings (SSSR count). The predicted octanol–water partition coefficient (Wildman–Crippen LogP) is 2.03. The first-order valence-electron chi connectivity index (χ1n) is 8.34. The van der Waals surface area contributed by atoms with Gasteiger partial charge < -0.3 is 10.1 Å². The fourth-order valence-electron chi connectivity index (χ4n) is 3.93. The number of nitrogens with one attached hydrogen (secondary N) is 1. The monoisotopic (exact) mass is 287 g/mol. The maximum absolute atomic E-state index is 6.14. The molecule has 1 aromatic rings. The van der Waals surface area contributed by atoms with Gasteiger partial charge in [0.2, 0.25) is 0 Å². The minimum Gasteiger partial charge on any atom is -0.485 e. The summed E-state index contributed by atoms with van der Waals surface area (Å²) in [6.07, 6.45) is 4.39. The van der Waals surface area contributed by atoms with E-state index in [0.29, 0.717) is 0 Å². The van der Waals surface area contributed by atoms with Crippen LogP contribution in [-0.2, 0) is 0 Å². The molecule has 0 radical (unpaired) electrons. The van der Waals surface area contributed by atoms with Gasteiger partial charge in [-0.25, -0.2) is 0 Å².